The summed E-state index contributed by atoms with van der Waals surface area (Å²) in [6.07, 6.45) is 3.39. The van der Waals surface area contributed by atoms with Crippen LogP contribution in [0.15, 0.2) is 120 Å². The van der Waals surface area contributed by atoms with Crippen LogP contribution in [-0.2, 0) is 5.60 Å². The molecule has 0 spiro atoms. The van der Waals surface area contributed by atoms with Crippen molar-refractivity contribution in [2.45, 2.75) is 19.4 Å². The number of Topliss-reactive ketones (excluding diaryl/α,β-unsaturated/α-hetero) is 4. The van der Waals surface area contributed by atoms with E-state index in [-0.39, 0.29) is 34.3 Å². The van der Waals surface area contributed by atoms with Crippen LogP contribution in [0.25, 0.3) is 65.0 Å². The average molecular weight is 735 g/mol. The highest BCUT2D eigenvalue weighted by atomic mass is 32.1. The number of ketones is 4. The molecule has 256 valence electrons. The van der Waals surface area contributed by atoms with Gasteiger partial charge in [-0.3, -0.25) is 19.2 Å². The molecule has 0 atom stereocenters. The molecule has 0 radical (unpaired) electrons. The quantitative estimate of drug-likeness (QED) is 0.100. The number of benzene rings is 6. The van der Waals surface area contributed by atoms with Crippen molar-refractivity contribution in [1.82, 2.24) is 0 Å². The molecule has 0 amide bonds. The zero-order chi connectivity index (χ0) is 36.6. The molecule has 3 heterocycles. The van der Waals surface area contributed by atoms with Gasteiger partial charge in [-0.15, -0.1) is 22.7 Å². The van der Waals surface area contributed by atoms with Gasteiger partial charge in [0.2, 0.25) is 0 Å². The van der Waals surface area contributed by atoms with E-state index in [4.69, 9.17) is 4.74 Å². The van der Waals surface area contributed by atoms with Gasteiger partial charge in [-0.25, -0.2) is 0 Å². The Bertz CT molecular complexity index is 3030. The Morgan fingerprint density at radius 1 is 0.463 bits per heavy atom. The van der Waals surface area contributed by atoms with E-state index in [0.717, 1.165) is 68.2 Å². The maximum Gasteiger partial charge on any atom is 0.197 e. The summed E-state index contributed by atoms with van der Waals surface area (Å²) in [6, 6.07) is 35.6. The maximum atomic E-state index is 13.7. The van der Waals surface area contributed by atoms with Gasteiger partial charge >= 0.3 is 0 Å². The summed E-state index contributed by atoms with van der Waals surface area (Å²) < 4.78 is 6.51. The van der Waals surface area contributed by atoms with Gasteiger partial charge in [-0.1, -0.05) is 48.5 Å². The number of fused-ring (bicyclic) bond motifs is 9. The molecule has 2 aliphatic carbocycles. The van der Waals surface area contributed by atoms with Crippen LogP contribution in [0.2, 0.25) is 0 Å². The van der Waals surface area contributed by atoms with Crippen molar-refractivity contribution in [2.75, 3.05) is 0 Å². The zero-order valence-corrected chi connectivity index (χ0v) is 30.5. The van der Waals surface area contributed by atoms with Crippen LogP contribution in [0.5, 0.6) is 5.75 Å². The van der Waals surface area contributed by atoms with E-state index in [1.807, 2.05) is 98.8 Å². The third kappa shape index (κ3) is 4.49. The van der Waals surface area contributed by atoms with E-state index in [2.05, 4.69) is 24.3 Å². The number of ether oxygens (including phenoxy) is 1. The van der Waals surface area contributed by atoms with Crippen molar-refractivity contribution in [3.8, 4) is 15.5 Å². The van der Waals surface area contributed by atoms with Crippen LogP contribution in [0, 0.1) is 0 Å². The minimum atomic E-state index is -0.702. The van der Waals surface area contributed by atoms with E-state index in [1.54, 1.807) is 12.2 Å². The number of carbonyl (C=O) groups is 4. The minimum absolute atomic E-state index is 0.137. The molecule has 6 aromatic carbocycles. The Morgan fingerprint density at radius 2 is 0.833 bits per heavy atom. The lowest BCUT2D eigenvalue weighted by Crippen LogP contribution is -2.27. The molecule has 7 heteroatoms. The topological polar surface area (TPSA) is 77.5 Å². The van der Waals surface area contributed by atoms with Crippen LogP contribution in [-0.4, -0.2) is 23.1 Å². The van der Waals surface area contributed by atoms with Gasteiger partial charge < -0.3 is 4.74 Å². The number of thiophene rings is 2. The van der Waals surface area contributed by atoms with E-state index < -0.39 is 5.60 Å². The predicted molar refractivity (Wildman–Crippen MR) is 217 cm³/mol. The first-order valence-corrected chi connectivity index (χ1v) is 19.3. The normalized spacial score (nSPS) is 15.6. The van der Waals surface area contributed by atoms with Gasteiger partial charge in [0, 0.05) is 37.6 Å². The first kappa shape index (κ1) is 31.3. The number of allylic oxidation sites excluding steroid dienone is 2. The summed E-state index contributed by atoms with van der Waals surface area (Å²) in [5, 5.41) is 7.98. The fourth-order valence-corrected chi connectivity index (χ4v) is 10.6. The Morgan fingerprint density at radius 3 is 1.24 bits per heavy atom. The van der Waals surface area contributed by atoms with E-state index in [9.17, 15) is 19.2 Å². The summed E-state index contributed by atoms with van der Waals surface area (Å²) in [5.41, 5.74) is 2.23. The van der Waals surface area contributed by atoms with Crippen molar-refractivity contribution in [2.24, 2.45) is 0 Å². The molecule has 54 heavy (non-hydrogen) atoms. The van der Waals surface area contributed by atoms with Crippen molar-refractivity contribution >= 4 is 101 Å². The molecule has 11 rings (SSSR count). The Balaban J connectivity index is 0.947. The lowest BCUT2D eigenvalue weighted by molar-refractivity contribution is 0.0975. The minimum Gasteiger partial charge on any atom is -0.482 e. The van der Waals surface area contributed by atoms with Crippen LogP contribution >= 0.6 is 22.7 Å². The first-order valence-electron chi connectivity index (χ1n) is 17.6. The van der Waals surface area contributed by atoms with Crippen LogP contribution in [0.3, 0.4) is 0 Å². The number of carbonyl (C=O) groups excluding carboxylic acids is 4. The standard InChI is InChI=1S/C47H26O5S2/c1-47(2)39-21-31(19-37-41(48)33-15-27-11-23-7-3-4-8-24(23)12-28(27)16-34(33)42(37)49)53-45(39)46-40(52-47)22-32(54-46)20-38-43(50)35-17-29-13-25-9-5-6-10-26(25)14-30(29)18-36(35)44(38)51/h3-22H,1-2H3. The van der Waals surface area contributed by atoms with Gasteiger partial charge in [0.25, 0.3) is 0 Å². The highest BCUT2D eigenvalue weighted by Crippen LogP contribution is 2.53. The summed E-state index contributed by atoms with van der Waals surface area (Å²) in [6.45, 7) is 3.97. The average Bonchev–Trinajstić information content (AvgIpc) is 3.89. The molecule has 0 saturated heterocycles. The molecule has 0 saturated carbocycles. The second-order valence-electron chi connectivity index (χ2n) is 14.7. The first-order chi connectivity index (χ1) is 26.1. The molecular formula is C47H26O5S2. The van der Waals surface area contributed by atoms with Crippen LogP contribution in [0.1, 0.15) is 70.6 Å². The van der Waals surface area contributed by atoms with E-state index in [0.29, 0.717) is 28.0 Å². The van der Waals surface area contributed by atoms with Gasteiger partial charge in [-0.05, 0) is 130 Å². The molecule has 3 aliphatic rings. The number of hydrogen-bond donors (Lipinski definition) is 0. The zero-order valence-electron chi connectivity index (χ0n) is 28.9. The highest BCUT2D eigenvalue weighted by molar-refractivity contribution is 7.23. The largest absolute Gasteiger partial charge is 0.482 e. The van der Waals surface area contributed by atoms with Gasteiger partial charge in [0.05, 0.1) is 20.9 Å². The fraction of sp³-hybridized carbons (Fsp3) is 0.0638. The van der Waals surface area contributed by atoms with Gasteiger partial charge in [0.15, 0.2) is 23.1 Å². The monoisotopic (exact) mass is 734 g/mol. The lowest BCUT2D eigenvalue weighted by atomic mass is 9.95. The summed E-state index contributed by atoms with van der Waals surface area (Å²) in [4.78, 5) is 58.3. The molecule has 5 nitrogen and oxygen atoms in total. The molecule has 0 bridgehead atoms. The fourth-order valence-electron chi connectivity index (χ4n) is 8.19. The number of hydrogen-bond acceptors (Lipinski definition) is 7. The second-order valence-corrected chi connectivity index (χ2v) is 16.8. The SMILES string of the molecule is CC1(C)Oc2cc(C=C3C(=O)c4cc5cc6ccccc6cc5cc4C3=O)sc2-c2sc(C=C3C(=O)c4cc5cc6ccccc6cc5cc4C3=O)cc21. The Kier molecular flexibility index (Phi) is 6.30. The van der Waals surface area contributed by atoms with Crippen molar-refractivity contribution < 1.29 is 23.9 Å². The third-order valence-electron chi connectivity index (χ3n) is 10.9. The lowest BCUT2D eigenvalue weighted by Gasteiger charge is -2.31. The van der Waals surface area contributed by atoms with E-state index in [1.165, 1.54) is 22.7 Å². The smallest absolute Gasteiger partial charge is 0.197 e. The highest BCUT2D eigenvalue weighted by Gasteiger charge is 2.39. The molecule has 1 aliphatic heterocycles. The van der Waals surface area contributed by atoms with Crippen molar-refractivity contribution in [1.29, 1.82) is 0 Å². The van der Waals surface area contributed by atoms with Crippen LogP contribution in [0.4, 0.5) is 0 Å². The Hall–Kier alpha value is -6.28. The van der Waals surface area contributed by atoms with Gasteiger partial charge in [-0.2, -0.15) is 0 Å². The van der Waals surface area contributed by atoms with E-state index >= 15 is 0 Å². The number of rotatable bonds is 2. The maximum absolute atomic E-state index is 13.7. The van der Waals surface area contributed by atoms with Gasteiger partial charge in [0.1, 0.15) is 11.4 Å². The second kappa shape index (κ2) is 10.9. The van der Waals surface area contributed by atoms with Crippen molar-refractivity contribution in [3.63, 3.8) is 0 Å². The molecule has 8 aromatic rings. The summed E-state index contributed by atoms with van der Waals surface area (Å²) in [5.74, 6) is -0.442. The molecule has 0 unspecified atom stereocenters. The Labute approximate surface area is 316 Å². The molecule has 0 N–H and O–H groups in total. The molecular weight excluding hydrogens is 709 g/mol. The third-order valence-corrected chi connectivity index (χ3v) is 13.2. The predicted octanol–water partition coefficient (Wildman–Crippen LogP) is 11.6. The summed E-state index contributed by atoms with van der Waals surface area (Å²) in [7, 11) is 0. The molecule has 2 aromatic heterocycles. The van der Waals surface area contributed by atoms with Crippen LogP contribution < -0.4 is 4.74 Å². The summed E-state index contributed by atoms with van der Waals surface area (Å²) >= 11 is 2.95. The molecule has 0 fully saturated rings. The van der Waals surface area contributed by atoms with Crippen molar-refractivity contribution in [3.05, 3.63) is 158 Å².